The van der Waals surface area contributed by atoms with E-state index in [1.54, 1.807) is 5.38 Å². The fraction of sp³-hybridized carbons (Fsp3) is 0.235. The average molecular weight is 384 g/mol. The summed E-state index contributed by atoms with van der Waals surface area (Å²) in [6, 6.07) is 4.63. The largest absolute Gasteiger partial charge is 0.573 e. The number of aromatic nitrogens is 1. The second kappa shape index (κ2) is 8.13. The molecule has 0 fully saturated rings. The molecule has 1 amide bonds. The minimum atomic E-state index is -4.78. The number of amides is 1. The predicted octanol–water partition coefficient (Wildman–Crippen LogP) is 4.31. The molecule has 0 unspecified atom stereocenters. The lowest BCUT2D eigenvalue weighted by molar-refractivity contribution is -0.274. The van der Waals surface area contributed by atoms with Crippen LogP contribution in [0.4, 0.5) is 18.3 Å². The smallest absolute Gasteiger partial charge is 0.406 e. The zero-order valence-corrected chi connectivity index (χ0v) is 14.7. The number of hydrogen-bond donors (Lipinski definition) is 0. The molecule has 1 aromatic carbocycles. The monoisotopic (exact) mass is 384 g/mol. The van der Waals surface area contributed by atoms with E-state index in [4.69, 9.17) is 0 Å². The first-order valence-corrected chi connectivity index (χ1v) is 8.39. The fourth-order valence-electron chi connectivity index (χ4n) is 2.05. The third kappa shape index (κ3) is 5.41. The number of carbonyl (C=O) groups is 2. The van der Waals surface area contributed by atoms with Gasteiger partial charge in [0, 0.05) is 24.4 Å². The lowest BCUT2D eigenvalue weighted by Gasteiger charge is -2.14. The summed E-state index contributed by atoms with van der Waals surface area (Å²) in [5.41, 5.74) is 0.722. The zero-order chi connectivity index (χ0) is 19.3. The number of rotatable bonds is 6. The van der Waals surface area contributed by atoms with Crippen molar-refractivity contribution in [1.82, 2.24) is 4.98 Å². The predicted molar refractivity (Wildman–Crippen MR) is 92.3 cm³/mol. The molecule has 138 valence electrons. The first kappa shape index (κ1) is 19.6. The van der Waals surface area contributed by atoms with E-state index in [0.29, 0.717) is 17.4 Å². The lowest BCUT2D eigenvalue weighted by Crippen LogP contribution is -2.27. The number of carbonyl (C=O) groups excluding carboxylic acids is 2. The van der Waals surface area contributed by atoms with E-state index in [1.165, 1.54) is 47.4 Å². The second-order valence-corrected chi connectivity index (χ2v) is 5.92. The topological polar surface area (TPSA) is 59.5 Å². The van der Waals surface area contributed by atoms with E-state index in [2.05, 4.69) is 9.72 Å². The van der Waals surface area contributed by atoms with Gasteiger partial charge < -0.3 is 4.74 Å². The van der Waals surface area contributed by atoms with Crippen LogP contribution < -0.4 is 9.64 Å². The number of thiazole rings is 1. The minimum Gasteiger partial charge on any atom is -0.406 e. The minimum absolute atomic E-state index is 0.130. The van der Waals surface area contributed by atoms with Crippen LogP contribution in [0.2, 0.25) is 0 Å². The highest BCUT2D eigenvalue weighted by atomic mass is 32.1. The van der Waals surface area contributed by atoms with Crippen molar-refractivity contribution in [3.63, 3.8) is 0 Å². The highest BCUT2D eigenvalue weighted by molar-refractivity contribution is 7.14. The van der Waals surface area contributed by atoms with Gasteiger partial charge in [-0.3, -0.25) is 14.5 Å². The van der Waals surface area contributed by atoms with Crippen molar-refractivity contribution in [2.24, 2.45) is 0 Å². The number of allylic oxidation sites excluding steroid dienone is 1. The highest BCUT2D eigenvalue weighted by Gasteiger charge is 2.31. The Hall–Kier alpha value is -2.68. The number of nitrogens with zero attached hydrogens (tertiary/aromatic N) is 2. The number of anilines is 1. The molecular weight excluding hydrogens is 369 g/mol. The summed E-state index contributed by atoms with van der Waals surface area (Å²) in [7, 11) is 0. The summed E-state index contributed by atoms with van der Waals surface area (Å²) in [5.74, 6) is -0.919. The number of hydrogen-bond acceptors (Lipinski definition) is 5. The van der Waals surface area contributed by atoms with Crippen molar-refractivity contribution in [3.05, 3.63) is 47.0 Å². The van der Waals surface area contributed by atoms with E-state index in [9.17, 15) is 22.8 Å². The average Bonchev–Trinajstić information content (AvgIpc) is 3.00. The molecule has 2 aromatic rings. The molecule has 0 spiro atoms. The quantitative estimate of drug-likeness (QED) is 0.550. The van der Waals surface area contributed by atoms with E-state index in [1.807, 2.05) is 6.92 Å². The molecule has 26 heavy (non-hydrogen) atoms. The molecule has 0 saturated heterocycles. The lowest BCUT2D eigenvalue weighted by atomic mass is 10.1. The van der Waals surface area contributed by atoms with Gasteiger partial charge in [-0.1, -0.05) is 0 Å². The number of benzene rings is 1. The Morgan fingerprint density at radius 2 is 1.92 bits per heavy atom. The van der Waals surface area contributed by atoms with Gasteiger partial charge in [0.1, 0.15) is 5.75 Å². The molecule has 0 bridgehead atoms. The number of halogens is 3. The molecule has 0 N–H and O–H groups in total. The molecule has 0 saturated carbocycles. The van der Waals surface area contributed by atoms with Crippen LogP contribution in [0.3, 0.4) is 0 Å². The van der Waals surface area contributed by atoms with Gasteiger partial charge >= 0.3 is 6.36 Å². The Kier molecular flexibility index (Phi) is 6.14. The van der Waals surface area contributed by atoms with Crippen LogP contribution in [0.25, 0.3) is 6.08 Å². The SMILES string of the molecule is CCN(C(C)=O)c1nc(/C=C/C(=O)c2ccc(OC(F)(F)F)cc2)cs1. The first-order chi connectivity index (χ1) is 12.2. The summed E-state index contributed by atoms with van der Waals surface area (Å²) < 4.78 is 40.1. The molecule has 0 atom stereocenters. The number of ether oxygens (including phenoxy) is 1. The van der Waals surface area contributed by atoms with Gasteiger partial charge in [0.15, 0.2) is 10.9 Å². The summed E-state index contributed by atoms with van der Waals surface area (Å²) in [6.45, 7) is 3.75. The van der Waals surface area contributed by atoms with E-state index >= 15 is 0 Å². The molecule has 0 aliphatic heterocycles. The maximum atomic E-state index is 12.1. The molecule has 0 radical (unpaired) electrons. The Morgan fingerprint density at radius 3 is 2.46 bits per heavy atom. The third-order valence-electron chi connectivity index (χ3n) is 3.21. The first-order valence-electron chi connectivity index (χ1n) is 7.51. The van der Waals surface area contributed by atoms with Crippen molar-refractivity contribution < 1.29 is 27.5 Å². The Morgan fingerprint density at radius 1 is 1.27 bits per heavy atom. The van der Waals surface area contributed by atoms with Crippen LogP contribution in [0.5, 0.6) is 5.75 Å². The fourth-order valence-corrected chi connectivity index (χ4v) is 2.95. The van der Waals surface area contributed by atoms with Gasteiger partial charge in [-0.15, -0.1) is 24.5 Å². The zero-order valence-electron chi connectivity index (χ0n) is 13.9. The summed E-state index contributed by atoms with van der Waals surface area (Å²) in [5, 5.41) is 2.23. The third-order valence-corrected chi connectivity index (χ3v) is 4.10. The normalized spacial score (nSPS) is 11.6. The maximum absolute atomic E-state index is 12.1. The van der Waals surface area contributed by atoms with Gasteiger partial charge in [0.05, 0.1) is 5.69 Å². The van der Waals surface area contributed by atoms with Gasteiger partial charge in [0.25, 0.3) is 0 Å². The van der Waals surface area contributed by atoms with Gasteiger partial charge in [-0.2, -0.15) is 0 Å². The van der Waals surface area contributed by atoms with Crippen molar-refractivity contribution in [1.29, 1.82) is 0 Å². The van der Waals surface area contributed by atoms with Crippen LogP contribution in [0, 0.1) is 0 Å². The van der Waals surface area contributed by atoms with Crippen LogP contribution >= 0.6 is 11.3 Å². The maximum Gasteiger partial charge on any atom is 0.573 e. The van der Waals surface area contributed by atoms with Gasteiger partial charge in [-0.05, 0) is 43.3 Å². The van der Waals surface area contributed by atoms with E-state index in [0.717, 1.165) is 12.1 Å². The Labute approximate surface area is 151 Å². The van der Waals surface area contributed by atoms with Gasteiger partial charge in [0.2, 0.25) is 5.91 Å². The molecule has 2 rings (SSSR count). The second-order valence-electron chi connectivity index (χ2n) is 5.09. The van der Waals surface area contributed by atoms with Gasteiger partial charge in [-0.25, -0.2) is 4.98 Å². The Bertz CT molecular complexity index is 813. The molecule has 5 nitrogen and oxygen atoms in total. The van der Waals surface area contributed by atoms with Crippen LogP contribution in [0.1, 0.15) is 29.9 Å². The van der Waals surface area contributed by atoms with Crippen molar-refractivity contribution >= 4 is 34.2 Å². The molecule has 1 aromatic heterocycles. The molecule has 1 heterocycles. The molecule has 9 heteroatoms. The van der Waals surface area contributed by atoms with Crippen LogP contribution in [-0.2, 0) is 4.79 Å². The van der Waals surface area contributed by atoms with E-state index < -0.39 is 17.9 Å². The standard InChI is InChI=1S/C17H15F3N2O3S/c1-3-22(11(2)23)16-21-13(10-26-16)6-9-15(24)12-4-7-14(8-5-12)25-17(18,19)20/h4-10H,3H2,1-2H3/b9-6+. The highest BCUT2D eigenvalue weighted by Crippen LogP contribution is 2.23. The number of ketones is 1. The summed E-state index contributed by atoms with van der Waals surface area (Å²) in [4.78, 5) is 29.3. The molecular formula is C17H15F3N2O3S. The van der Waals surface area contributed by atoms with Crippen molar-refractivity contribution in [3.8, 4) is 5.75 Å². The Balaban J connectivity index is 2.05. The number of alkyl halides is 3. The van der Waals surface area contributed by atoms with Crippen LogP contribution in [-0.4, -0.2) is 29.6 Å². The summed E-state index contributed by atoms with van der Waals surface area (Å²) >= 11 is 1.27. The van der Waals surface area contributed by atoms with Crippen molar-refractivity contribution in [2.75, 3.05) is 11.4 Å². The molecule has 0 aliphatic rings. The summed E-state index contributed by atoms with van der Waals surface area (Å²) in [6.07, 6.45) is -2.03. The van der Waals surface area contributed by atoms with Crippen LogP contribution in [0.15, 0.2) is 35.7 Å². The van der Waals surface area contributed by atoms with Crippen molar-refractivity contribution in [2.45, 2.75) is 20.2 Å². The molecule has 0 aliphatic carbocycles. The van der Waals surface area contributed by atoms with E-state index in [-0.39, 0.29) is 11.5 Å².